The summed E-state index contributed by atoms with van der Waals surface area (Å²) in [7, 11) is 0. The number of hydrogen-bond donors (Lipinski definition) is 2. The number of carbonyl (C=O) groups excluding carboxylic acids is 2. The molecule has 0 fully saturated rings. The van der Waals surface area contributed by atoms with E-state index in [-0.39, 0.29) is 16.7 Å². The van der Waals surface area contributed by atoms with Crippen LogP contribution in [0.2, 0.25) is 0 Å². The lowest BCUT2D eigenvalue weighted by Gasteiger charge is -2.15. The zero-order valence-corrected chi connectivity index (χ0v) is 13.7. The number of aliphatic hydroxyl groups excluding tert-OH is 1. The standard InChI is InChI=1S/C13H9BrF3N3O5/c14-7-3-6(13(15,16)17)4-9(20(24)25)11(7)18-8-5-10(22)19(1-2-21)12(8)23/h3-5,18,21H,1-2H2. The first-order chi connectivity index (χ1) is 11.6. The van der Waals surface area contributed by atoms with Crippen LogP contribution in [0.1, 0.15) is 5.56 Å². The molecule has 1 aromatic carbocycles. The largest absolute Gasteiger partial charge is 0.416 e. The summed E-state index contributed by atoms with van der Waals surface area (Å²) in [6.45, 7) is -0.766. The number of anilines is 1. The Kier molecular flexibility index (Phi) is 5.13. The third-order valence-electron chi connectivity index (χ3n) is 3.19. The number of rotatable bonds is 5. The van der Waals surface area contributed by atoms with E-state index in [9.17, 15) is 32.9 Å². The second kappa shape index (κ2) is 6.80. The number of aliphatic hydroxyl groups is 1. The Morgan fingerprint density at radius 1 is 1.32 bits per heavy atom. The molecule has 0 saturated carbocycles. The van der Waals surface area contributed by atoms with Gasteiger partial charge in [0.1, 0.15) is 11.4 Å². The number of amides is 2. The van der Waals surface area contributed by atoms with Crippen LogP contribution in [-0.2, 0) is 15.8 Å². The lowest BCUT2D eigenvalue weighted by molar-refractivity contribution is -0.384. The average Bonchev–Trinajstić information content (AvgIpc) is 2.75. The van der Waals surface area contributed by atoms with E-state index in [0.29, 0.717) is 17.0 Å². The topological polar surface area (TPSA) is 113 Å². The van der Waals surface area contributed by atoms with E-state index in [1.807, 2.05) is 0 Å². The van der Waals surface area contributed by atoms with Gasteiger partial charge in [-0.15, -0.1) is 0 Å². The Bertz CT molecular complexity index is 794. The molecule has 134 valence electrons. The van der Waals surface area contributed by atoms with Crippen molar-refractivity contribution in [2.45, 2.75) is 6.18 Å². The number of nitro groups is 1. The summed E-state index contributed by atoms with van der Waals surface area (Å²) < 4.78 is 38.1. The summed E-state index contributed by atoms with van der Waals surface area (Å²) in [6.07, 6.45) is -3.96. The number of carbonyl (C=O) groups is 2. The summed E-state index contributed by atoms with van der Waals surface area (Å²) in [5.41, 5.74) is -2.94. The van der Waals surface area contributed by atoms with Crippen molar-refractivity contribution < 1.29 is 32.8 Å². The number of halogens is 4. The molecule has 0 radical (unpaired) electrons. The molecule has 0 aromatic heterocycles. The summed E-state index contributed by atoms with van der Waals surface area (Å²) in [4.78, 5) is 34.4. The minimum Gasteiger partial charge on any atom is -0.395 e. The highest BCUT2D eigenvalue weighted by Crippen LogP contribution is 2.40. The smallest absolute Gasteiger partial charge is 0.395 e. The quantitative estimate of drug-likeness (QED) is 0.425. The Labute approximate surface area is 146 Å². The number of hydrogen-bond acceptors (Lipinski definition) is 6. The summed E-state index contributed by atoms with van der Waals surface area (Å²) in [5, 5.41) is 22.2. The molecule has 0 aliphatic carbocycles. The van der Waals surface area contributed by atoms with Crippen LogP contribution in [0.3, 0.4) is 0 Å². The van der Waals surface area contributed by atoms with Gasteiger partial charge in [-0.05, 0) is 22.0 Å². The number of nitrogens with zero attached hydrogens (tertiary/aromatic N) is 2. The van der Waals surface area contributed by atoms with Gasteiger partial charge in [0.05, 0.1) is 23.6 Å². The van der Waals surface area contributed by atoms with Crippen molar-refractivity contribution >= 4 is 39.1 Å². The van der Waals surface area contributed by atoms with Crippen molar-refractivity contribution in [3.63, 3.8) is 0 Å². The molecule has 1 aliphatic heterocycles. The molecule has 0 atom stereocenters. The average molecular weight is 424 g/mol. The van der Waals surface area contributed by atoms with Crippen LogP contribution >= 0.6 is 15.9 Å². The Balaban J connectivity index is 2.44. The number of nitrogens with one attached hydrogen (secondary N) is 1. The molecular weight excluding hydrogens is 415 g/mol. The molecule has 2 N–H and O–H groups in total. The molecule has 2 rings (SSSR count). The second-order valence-corrected chi connectivity index (χ2v) is 5.66. The number of nitro benzene ring substituents is 1. The fourth-order valence-corrected chi connectivity index (χ4v) is 2.62. The monoisotopic (exact) mass is 423 g/mol. The lowest BCUT2D eigenvalue weighted by Crippen LogP contribution is -2.34. The second-order valence-electron chi connectivity index (χ2n) is 4.81. The van der Waals surface area contributed by atoms with Crippen LogP contribution in [-0.4, -0.2) is 39.9 Å². The van der Waals surface area contributed by atoms with Crippen LogP contribution in [0.15, 0.2) is 28.4 Å². The van der Waals surface area contributed by atoms with Crippen molar-refractivity contribution in [3.05, 3.63) is 44.1 Å². The van der Waals surface area contributed by atoms with E-state index in [1.54, 1.807) is 0 Å². The molecule has 12 heteroatoms. The van der Waals surface area contributed by atoms with E-state index < -0.39 is 46.5 Å². The van der Waals surface area contributed by atoms with Crippen LogP contribution in [0.4, 0.5) is 24.5 Å². The van der Waals surface area contributed by atoms with Crippen LogP contribution in [0.5, 0.6) is 0 Å². The predicted molar refractivity (Wildman–Crippen MR) is 81.3 cm³/mol. The number of imide groups is 1. The Morgan fingerprint density at radius 2 is 1.96 bits per heavy atom. The molecule has 2 amide bonds. The highest BCUT2D eigenvalue weighted by atomic mass is 79.9. The highest BCUT2D eigenvalue weighted by molar-refractivity contribution is 9.10. The number of benzene rings is 1. The van der Waals surface area contributed by atoms with Gasteiger partial charge in [-0.1, -0.05) is 0 Å². The zero-order valence-electron chi connectivity index (χ0n) is 12.1. The number of alkyl halides is 3. The fraction of sp³-hybridized carbons (Fsp3) is 0.231. The first-order valence-electron chi connectivity index (χ1n) is 6.56. The lowest BCUT2D eigenvalue weighted by atomic mass is 10.1. The van der Waals surface area contributed by atoms with Crippen molar-refractivity contribution in [2.24, 2.45) is 0 Å². The van der Waals surface area contributed by atoms with Gasteiger partial charge in [-0.3, -0.25) is 24.6 Å². The van der Waals surface area contributed by atoms with Gasteiger partial charge in [-0.25, -0.2) is 0 Å². The third kappa shape index (κ3) is 3.79. The van der Waals surface area contributed by atoms with E-state index in [1.165, 1.54) is 0 Å². The van der Waals surface area contributed by atoms with Crippen LogP contribution < -0.4 is 5.32 Å². The molecule has 1 heterocycles. The van der Waals surface area contributed by atoms with Gasteiger partial charge in [-0.2, -0.15) is 13.2 Å². The molecule has 0 unspecified atom stereocenters. The highest BCUT2D eigenvalue weighted by Gasteiger charge is 2.36. The predicted octanol–water partition coefficient (Wildman–Crippen LogP) is 2.03. The van der Waals surface area contributed by atoms with Crippen LogP contribution in [0.25, 0.3) is 0 Å². The Morgan fingerprint density at radius 3 is 2.48 bits per heavy atom. The normalized spacial score (nSPS) is 14.8. The van der Waals surface area contributed by atoms with Gasteiger partial charge >= 0.3 is 6.18 Å². The van der Waals surface area contributed by atoms with E-state index in [4.69, 9.17) is 5.11 Å². The maximum Gasteiger partial charge on any atom is 0.416 e. The first kappa shape index (κ1) is 18.9. The van der Waals surface area contributed by atoms with Crippen molar-refractivity contribution in [1.82, 2.24) is 4.90 Å². The van der Waals surface area contributed by atoms with E-state index >= 15 is 0 Å². The van der Waals surface area contributed by atoms with Crippen molar-refractivity contribution in [2.75, 3.05) is 18.5 Å². The number of β-amino-alcohol motifs (C(OH)–C–C–N with tert-alkyl or cyclic N) is 1. The maximum atomic E-state index is 12.8. The van der Waals surface area contributed by atoms with Gasteiger partial charge in [0.25, 0.3) is 17.5 Å². The minimum atomic E-state index is -4.80. The van der Waals surface area contributed by atoms with Gasteiger partial charge in [0.2, 0.25) is 0 Å². The van der Waals surface area contributed by atoms with Gasteiger partial charge in [0, 0.05) is 16.6 Å². The van der Waals surface area contributed by atoms with E-state index in [2.05, 4.69) is 21.2 Å². The molecule has 25 heavy (non-hydrogen) atoms. The maximum absolute atomic E-state index is 12.8. The molecule has 0 saturated heterocycles. The molecule has 1 aliphatic rings. The van der Waals surface area contributed by atoms with Gasteiger partial charge < -0.3 is 10.4 Å². The summed E-state index contributed by atoms with van der Waals surface area (Å²) in [6, 6.07) is 0.934. The fourth-order valence-electron chi connectivity index (χ4n) is 2.07. The summed E-state index contributed by atoms with van der Waals surface area (Å²) >= 11 is 2.80. The summed E-state index contributed by atoms with van der Waals surface area (Å²) in [5.74, 6) is -1.62. The van der Waals surface area contributed by atoms with Crippen molar-refractivity contribution in [3.8, 4) is 0 Å². The molecule has 1 aromatic rings. The van der Waals surface area contributed by atoms with Crippen LogP contribution in [0, 0.1) is 10.1 Å². The van der Waals surface area contributed by atoms with E-state index in [0.717, 1.165) is 6.08 Å². The minimum absolute atomic E-state index is 0.282. The molecule has 0 spiro atoms. The SMILES string of the molecule is O=C1C=C(Nc2c(Br)cc(C(F)(F)F)cc2[N+](=O)[O-])C(=O)N1CCO. The zero-order chi connectivity index (χ0) is 18.9. The van der Waals surface area contributed by atoms with Crippen molar-refractivity contribution in [1.29, 1.82) is 0 Å². The molecule has 0 bridgehead atoms. The Hall–Kier alpha value is -2.47. The van der Waals surface area contributed by atoms with Gasteiger partial charge in [0.15, 0.2) is 0 Å². The first-order valence-corrected chi connectivity index (χ1v) is 7.36. The third-order valence-corrected chi connectivity index (χ3v) is 3.81. The molecule has 8 nitrogen and oxygen atoms in total. The molecular formula is C13H9BrF3N3O5.